The summed E-state index contributed by atoms with van der Waals surface area (Å²) in [5, 5.41) is 2.33. The lowest BCUT2D eigenvalue weighted by Gasteiger charge is -2.15. The van der Waals surface area contributed by atoms with Crippen LogP contribution >= 0.6 is 12.2 Å². The molecule has 1 aliphatic rings. The van der Waals surface area contributed by atoms with Gasteiger partial charge in [-0.25, -0.2) is 4.99 Å². The molecule has 3 rings (SSSR count). The topological polar surface area (TPSA) is 47.1 Å². The first-order valence-electron chi connectivity index (χ1n) is 5.33. The molecule has 88 valence electrons. The average molecular weight is 256 g/mol. The fourth-order valence-electron chi connectivity index (χ4n) is 1.73. The predicted molar refractivity (Wildman–Crippen MR) is 71.5 cm³/mol. The Morgan fingerprint density at radius 2 is 2.28 bits per heavy atom. The molecule has 0 N–H and O–H groups in total. The van der Waals surface area contributed by atoms with E-state index in [4.69, 9.17) is 9.15 Å². The predicted octanol–water partition coefficient (Wildman–Crippen LogP) is 3.53. The van der Waals surface area contributed by atoms with Gasteiger partial charge >= 0.3 is 0 Å². The molecular formula is C13H8N2O2S. The summed E-state index contributed by atoms with van der Waals surface area (Å²) in [6, 6.07) is 9.11. The number of fused-ring (bicyclic) bond motifs is 1. The number of furan rings is 1. The Balaban J connectivity index is 2.05. The van der Waals surface area contributed by atoms with Crippen LogP contribution in [0.1, 0.15) is 5.76 Å². The second-order valence-electron chi connectivity index (χ2n) is 3.68. The van der Waals surface area contributed by atoms with Gasteiger partial charge in [0.1, 0.15) is 23.8 Å². The van der Waals surface area contributed by atoms with Crippen LogP contribution in [0, 0.1) is 0 Å². The second-order valence-corrected chi connectivity index (χ2v) is 3.86. The molecule has 0 spiro atoms. The minimum absolute atomic E-state index is 0.399. The normalized spacial score (nSPS) is 13.0. The summed E-state index contributed by atoms with van der Waals surface area (Å²) < 4.78 is 10.9. The number of isothiocyanates is 1. The van der Waals surface area contributed by atoms with Crippen LogP contribution in [0.5, 0.6) is 5.75 Å². The van der Waals surface area contributed by atoms with Crippen LogP contribution in [0.3, 0.4) is 0 Å². The molecule has 0 aliphatic carbocycles. The monoisotopic (exact) mass is 256 g/mol. The van der Waals surface area contributed by atoms with Crippen molar-refractivity contribution in [2.24, 2.45) is 9.98 Å². The Morgan fingerprint density at radius 3 is 3.06 bits per heavy atom. The molecule has 0 atom stereocenters. The van der Waals surface area contributed by atoms with Crippen molar-refractivity contribution in [3.63, 3.8) is 0 Å². The van der Waals surface area contributed by atoms with E-state index in [1.165, 1.54) is 0 Å². The molecule has 4 nitrogen and oxygen atoms in total. The summed E-state index contributed by atoms with van der Waals surface area (Å²) >= 11 is 4.58. The van der Waals surface area contributed by atoms with Gasteiger partial charge in [0.25, 0.3) is 0 Å². The van der Waals surface area contributed by atoms with Crippen LogP contribution in [0.2, 0.25) is 0 Å². The molecule has 2 heterocycles. The van der Waals surface area contributed by atoms with Crippen molar-refractivity contribution in [1.82, 2.24) is 0 Å². The van der Waals surface area contributed by atoms with E-state index in [-0.39, 0.29) is 0 Å². The number of nitrogens with zero attached hydrogens (tertiary/aromatic N) is 2. The zero-order chi connectivity index (χ0) is 12.4. The van der Waals surface area contributed by atoms with E-state index in [0.29, 0.717) is 18.1 Å². The summed E-state index contributed by atoms with van der Waals surface area (Å²) in [5.41, 5.74) is 2.19. The van der Waals surface area contributed by atoms with Gasteiger partial charge in [-0.05, 0) is 42.5 Å². The van der Waals surface area contributed by atoms with Crippen LogP contribution in [0.25, 0.3) is 0 Å². The van der Waals surface area contributed by atoms with Gasteiger partial charge in [0.15, 0.2) is 5.76 Å². The standard InChI is InChI=1S/C13H8N2O2S/c18-8-14-9-3-4-13-10(6-9)15-11(7-17-13)12-2-1-5-16-12/h1-6H,7H2. The number of hydrogen-bond acceptors (Lipinski definition) is 5. The molecule has 0 saturated heterocycles. The first-order valence-corrected chi connectivity index (χ1v) is 5.74. The molecular weight excluding hydrogens is 248 g/mol. The zero-order valence-electron chi connectivity index (χ0n) is 9.29. The molecule has 0 radical (unpaired) electrons. The number of rotatable bonds is 2. The molecule has 0 saturated carbocycles. The molecule has 0 bridgehead atoms. The lowest BCUT2D eigenvalue weighted by molar-refractivity contribution is 0.369. The molecule has 1 aliphatic heterocycles. The van der Waals surface area contributed by atoms with E-state index >= 15 is 0 Å². The summed E-state index contributed by atoms with van der Waals surface area (Å²) in [7, 11) is 0. The maximum Gasteiger partial charge on any atom is 0.151 e. The fraction of sp³-hybridized carbons (Fsp3) is 0.0769. The van der Waals surface area contributed by atoms with Crippen LogP contribution in [0.4, 0.5) is 11.4 Å². The summed E-state index contributed by atoms with van der Waals surface area (Å²) in [6.45, 7) is 0.399. The molecule has 2 aromatic rings. The number of aliphatic imine (C=N–C) groups is 2. The lowest BCUT2D eigenvalue weighted by atomic mass is 10.2. The largest absolute Gasteiger partial charge is 0.485 e. The van der Waals surface area contributed by atoms with Gasteiger partial charge in [0.05, 0.1) is 17.1 Å². The third-order valence-corrected chi connectivity index (χ3v) is 2.63. The van der Waals surface area contributed by atoms with E-state index in [1.807, 2.05) is 24.3 Å². The maximum atomic E-state index is 5.61. The van der Waals surface area contributed by atoms with Gasteiger partial charge in [0.2, 0.25) is 0 Å². The Kier molecular flexibility index (Phi) is 2.76. The smallest absolute Gasteiger partial charge is 0.151 e. The Hall–Kier alpha value is -2.23. The van der Waals surface area contributed by atoms with Crippen LogP contribution in [-0.4, -0.2) is 17.5 Å². The van der Waals surface area contributed by atoms with E-state index in [9.17, 15) is 0 Å². The summed E-state index contributed by atoms with van der Waals surface area (Å²) in [5.74, 6) is 1.44. The highest BCUT2D eigenvalue weighted by atomic mass is 32.1. The number of benzene rings is 1. The van der Waals surface area contributed by atoms with Gasteiger partial charge in [-0.15, -0.1) is 0 Å². The molecule has 0 amide bonds. The minimum atomic E-state index is 0.399. The molecule has 1 aromatic carbocycles. The first-order chi connectivity index (χ1) is 8.86. The van der Waals surface area contributed by atoms with Crippen molar-refractivity contribution in [2.75, 3.05) is 6.61 Å². The lowest BCUT2D eigenvalue weighted by Crippen LogP contribution is -2.15. The van der Waals surface area contributed by atoms with Crippen LogP contribution in [0.15, 0.2) is 51.0 Å². The highest BCUT2D eigenvalue weighted by molar-refractivity contribution is 7.78. The van der Waals surface area contributed by atoms with E-state index < -0.39 is 0 Å². The van der Waals surface area contributed by atoms with Gasteiger partial charge in [0, 0.05) is 0 Å². The highest BCUT2D eigenvalue weighted by Crippen LogP contribution is 2.34. The van der Waals surface area contributed by atoms with Crippen molar-refractivity contribution in [3.8, 4) is 5.75 Å². The quantitative estimate of drug-likeness (QED) is 0.610. The van der Waals surface area contributed by atoms with Crippen LogP contribution in [-0.2, 0) is 0 Å². The summed E-state index contributed by atoms with van der Waals surface area (Å²) in [4.78, 5) is 8.43. The molecule has 0 unspecified atom stereocenters. The molecule has 0 fully saturated rings. The van der Waals surface area contributed by atoms with Crippen molar-refractivity contribution in [3.05, 3.63) is 42.4 Å². The molecule has 5 heteroatoms. The second kappa shape index (κ2) is 4.56. The van der Waals surface area contributed by atoms with Gasteiger partial charge in [-0.3, -0.25) is 0 Å². The molecule has 1 aromatic heterocycles. The average Bonchev–Trinajstić information content (AvgIpc) is 2.92. The number of ether oxygens (including phenoxy) is 1. The summed E-state index contributed by atoms with van der Waals surface area (Å²) in [6.07, 6.45) is 1.61. The van der Waals surface area contributed by atoms with E-state index in [0.717, 1.165) is 17.1 Å². The van der Waals surface area contributed by atoms with Gasteiger partial charge < -0.3 is 9.15 Å². The SMILES string of the molecule is S=C=Nc1ccc2c(c1)N=C(c1ccco1)CO2. The van der Waals surface area contributed by atoms with Crippen molar-refractivity contribution < 1.29 is 9.15 Å². The Bertz CT molecular complexity index is 656. The Labute approximate surface area is 109 Å². The number of thiocarbonyl (C=S) groups is 1. The third-order valence-electron chi connectivity index (χ3n) is 2.54. The first kappa shape index (κ1) is 10.9. The number of hydrogen-bond donors (Lipinski definition) is 0. The van der Waals surface area contributed by atoms with Gasteiger partial charge in [-0.2, -0.15) is 4.99 Å². The van der Waals surface area contributed by atoms with Crippen molar-refractivity contribution in [2.45, 2.75) is 0 Å². The molecule has 18 heavy (non-hydrogen) atoms. The van der Waals surface area contributed by atoms with E-state index in [2.05, 4.69) is 27.4 Å². The van der Waals surface area contributed by atoms with E-state index in [1.54, 1.807) is 12.3 Å². The Morgan fingerprint density at radius 1 is 1.33 bits per heavy atom. The van der Waals surface area contributed by atoms with Crippen molar-refractivity contribution >= 4 is 34.5 Å². The fourth-order valence-corrected chi connectivity index (χ4v) is 1.84. The third kappa shape index (κ3) is 1.97. The highest BCUT2D eigenvalue weighted by Gasteiger charge is 2.16. The maximum absolute atomic E-state index is 5.61. The van der Waals surface area contributed by atoms with Gasteiger partial charge in [-0.1, -0.05) is 0 Å². The van der Waals surface area contributed by atoms with Crippen LogP contribution < -0.4 is 4.74 Å². The van der Waals surface area contributed by atoms with Crippen molar-refractivity contribution in [1.29, 1.82) is 0 Å². The minimum Gasteiger partial charge on any atom is -0.485 e. The zero-order valence-corrected chi connectivity index (χ0v) is 10.1.